The Balaban J connectivity index is 1.89. The van der Waals surface area contributed by atoms with Gasteiger partial charge in [-0.3, -0.25) is 4.98 Å². The summed E-state index contributed by atoms with van der Waals surface area (Å²) in [5.41, 5.74) is 0.868. The Bertz CT molecular complexity index is 428. The zero-order chi connectivity index (χ0) is 11.2. The topological polar surface area (TPSA) is 60.2 Å². The maximum Gasteiger partial charge on any atom is 0.174 e. The molecule has 2 aromatic rings. The van der Waals surface area contributed by atoms with Gasteiger partial charge in [0.1, 0.15) is 12.4 Å². The van der Waals surface area contributed by atoms with Crippen molar-refractivity contribution in [3.05, 3.63) is 42.0 Å². The number of hydrogen-bond acceptors (Lipinski definition) is 5. The van der Waals surface area contributed by atoms with Gasteiger partial charge in [-0.2, -0.15) is 0 Å². The molecule has 16 heavy (non-hydrogen) atoms. The lowest BCUT2D eigenvalue weighted by Crippen LogP contribution is -2.04. The van der Waals surface area contributed by atoms with Gasteiger partial charge in [-0.25, -0.2) is 0 Å². The van der Waals surface area contributed by atoms with Gasteiger partial charge in [0.15, 0.2) is 5.76 Å². The standard InChI is InChI=1S/C11H13N3O2/c1-12-6-9-5-11(16-14-9)8-15-10-3-2-4-13-7-10/h2-5,7,12H,6,8H2,1H3. The van der Waals surface area contributed by atoms with Gasteiger partial charge in [-0.05, 0) is 19.2 Å². The fourth-order valence-electron chi connectivity index (χ4n) is 1.28. The number of hydrogen-bond donors (Lipinski definition) is 1. The summed E-state index contributed by atoms with van der Waals surface area (Å²) in [4.78, 5) is 3.95. The van der Waals surface area contributed by atoms with E-state index in [9.17, 15) is 0 Å². The summed E-state index contributed by atoms with van der Waals surface area (Å²) in [5, 5.41) is 6.88. The normalized spacial score (nSPS) is 10.3. The summed E-state index contributed by atoms with van der Waals surface area (Å²) < 4.78 is 10.6. The highest BCUT2D eigenvalue weighted by Gasteiger charge is 2.03. The predicted octanol–water partition coefficient (Wildman–Crippen LogP) is 1.37. The van der Waals surface area contributed by atoms with Crippen LogP contribution in [0.25, 0.3) is 0 Å². The number of nitrogens with one attached hydrogen (secondary N) is 1. The first-order valence-electron chi connectivity index (χ1n) is 5.00. The van der Waals surface area contributed by atoms with Crippen molar-refractivity contribution in [2.24, 2.45) is 0 Å². The lowest BCUT2D eigenvalue weighted by molar-refractivity contribution is 0.247. The summed E-state index contributed by atoms with van der Waals surface area (Å²) in [7, 11) is 1.86. The molecule has 5 heteroatoms. The first-order chi connectivity index (χ1) is 7.88. The molecule has 0 fully saturated rings. The molecule has 0 aromatic carbocycles. The second kappa shape index (κ2) is 5.27. The molecule has 0 aliphatic heterocycles. The van der Waals surface area contributed by atoms with Gasteiger partial charge < -0.3 is 14.6 Å². The third-order valence-corrected chi connectivity index (χ3v) is 1.98. The van der Waals surface area contributed by atoms with Crippen LogP contribution >= 0.6 is 0 Å². The number of nitrogens with zero attached hydrogens (tertiary/aromatic N) is 2. The molecule has 0 bridgehead atoms. The molecule has 0 aliphatic carbocycles. The van der Waals surface area contributed by atoms with Crippen molar-refractivity contribution in [2.45, 2.75) is 13.2 Å². The van der Waals surface area contributed by atoms with Crippen LogP contribution in [0.5, 0.6) is 5.75 Å². The van der Waals surface area contributed by atoms with Gasteiger partial charge in [0, 0.05) is 18.8 Å². The van der Waals surface area contributed by atoms with Crippen molar-refractivity contribution in [3.63, 3.8) is 0 Å². The van der Waals surface area contributed by atoms with Crippen LogP contribution in [-0.4, -0.2) is 17.2 Å². The fourth-order valence-corrected chi connectivity index (χ4v) is 1.28. The predicted molar refractivity (Wildman–Crippen MR) is 57.8 cm³/mol. The molecule has 2 heterocycles. The molecular formula is C11H13N3O2. The Morgan fingerprint density at radius 2 is 2.44 bits per heavy atom. The molecule has 0 amide bonds. The van der Waals surface area contributed by atoms with Crippen LogP contribution in [0.3, 0.4) is 0 Å². The van der Waals surface area contributed by atoms with Crippen LogP contribution in [-0.2, 0) is 13.2 Å². The molecule has 2 rings (SSSR count). The summed E-state index contributed by atoms with van der Waals surface area (Å²) in [6, 6.07) is 5.53. The van der Waals surface area contributed by atoms with Crippen molar-refractivity contribution in [3.8, 4) is 5.75 Å². The van der Waals surface area contributed by atoms with Crippen LogP contribution in [0.1, 0.15) is 11.5 Å². The minimum atomic E-state index is 0.363. The highest BCUT2D eigenvalue weighted by atomic mass is 16.5. The molecule has 0 aliphatic rings. The lowest BCUT2D eigenvalue weighted by Gasteiger charge is -2.01. The maximum absolute atomic E-state index is 5.47. The van der Waals surface area contributed by atoms with E-state index in [1.807, 2.05) is 25.2 Å². The van der Waals surface area contributed by atoms with Gasteiger partial charge in [-0.15, -0.1) is 0 Å². The van der Waals surface area contributed by atoms with E-state index in [1.54, 1.807) is 12.4 Å². The van der Waals surface area contributed by atoms with Gasteiger partial charge in [0.2, 0.25) is 0 Å². The minimum Gasteiger partial charge on any atom is -0.484 e. The van der Waals surface area contributed by atoms with E-state index in [0.717, 1.165) is 5.69 Å². The van der Waals surface area contributed by atoms with Crippen molar-refractivity contribution >= 4 is 0 Å². The number of pyridine rings is 1. The van der Waals surface area contributed by atoms with E-state index in [1.165, 1.54) is 0 Å². The zero-order valence-electron chi connectivity index (χ0n) is 9.01. The average Bonchev–Trinajstić information content (AvgIpc) is 2.76. The van der Waals surface area contributed by atoms with Gasteiger partial charge in [0.05, 0.1) is 11.9 Å². The fraction of sp³-hybridized carbons (Fsp3) is 0.273. The van der Waals surface area contributed by atoms with Crippen molar-refractivity contribution in [1.29, 1.82) is 0 Å². The van der Waals surface area contributed by atoms with Crippen LogP contribution < -0.4 is 10.1 Å². The second-order valence-electron chi connectivity index (χ2n) is 3.29. The third kappa shape index (κ3) is 2.80. The lowest BCUT2D eigenvalue weighted by atomic mass is 10.3. The molecule has 84 valence electrons. The maximum atomic E-state index is 5.47. The van der Waals surface area contributed by atoms with E-state index in [-0.39, 0.29) is 0 Å². The molecule has 0 spiro atoms. The van der Waals surface area contributed by atoms with Crippen LogP contribution in [0.15, 0.2) is 35.1 Å². The smallest absolute Gasteiger partial charge is 0.174 e. The Labute approximate surface area is 93.4 Å². The highest BCUT2D eigenvalue weighted by Crippen LogP contribution is 2.10. The van der Waals surface area contributed by atoms with Gasteiger partial charge >= 0.3 is 0 Å². The highest BCUT2D eigenvalue weighted by molar-refractivity contribution is 5.16. The SMILES string of the molecule is CNCc1cc(COc2cccnc2)on1. The molecule has 0 radical (unpaired) electrons. The van der Waals surface area contributed by atoms with E-state index >= 15 is 0 Å². The van der Waals surface area contributed by atoms with Gasteiger partial charge in [0.25, 0.3) is 0 Å². The molecule has 5 nitrogen and oxygen atoms in total. The van der Waals surface area contributed by atoms with Gasteiger partial charge in [-0.1, -0.05) is 5.16 Å². The van der Waals surface area contributed by atoms with E-state index in [2.05, 4.69) is 15.5 Å². The minimum absolute atomic E-state index is 0.363. The van der Waals surface area contributed by atoms with Crippen molar-refractivity contribution in [1.82, 2.24) is 15.5 Å². The number of ether oxygens (including phenoxy) is 1. The van der Waals surface area contributed by atoms with E-state index < -0.39 is 0 Å². The summed E-state index contributed by atoms with van der Waals surface area (Å²) in [5.74, 6) is 1.42. The second-order valence-corrected chi connectivity index (χ2v) is 3.29. The average molecular weight is 219 g/mol. The number of aromatic nitrogens is 2. The van der Waals surface area contributed by atoms with Crippen molar-refractivity contribution < 1.29 is 9.26 Å². The molecular weight excluding hydrogens is 206 g/mol. The quantitative estimate of drug-likeness (QED) is 0.822. The Morgan fingerprint density at radius 1 is 1.50 bits per heavy atom. The van der Waals surface area contributed by atoms with Crippen LogP contribution in [0.2, 0.25) is 0 Å². The van der Waals surface area contributed by atoms with E-state index in [0.29, 0.717) is 24.7 Å². The van der Waals surface area contributed by atoms with Crippen LogP contribution in [0, 0.1) is 0 Å². The molecule has 1 N–H and O–H groups in total. The molecule has 0 saturated carbocycles. The first kappa shape index (κ1) is 10.6. The molecule has 0 atom stereocenters. The molecule has 2 aromatic heterocycles. The zero-order valence-corrected chi connectivity index (χ0v) is 9.01. The molecule has 0 saturated heterocycles. The largest absolute Gasteiger partial charge is 0.484 e. The number of rotatable bonds is 5. The van der Waals surface area contributed by atoms with Crippen LogP contribution in [0.4, 0.5) is 0 Å². The Hall–Kier alpha value is -1.88. The Kier molecular flexibility index (Phi) is 3.50. The summed E-state index contributed by atoms with van der Waals surface area (Å²) in [6.45, 7) is 1.05. The Morgan fingerprint density at radius 3 is 3.19 bits per heavy atom. The van der Waals surface area contributed by atoms with E-state index in [4.69, 9.17) is 9.26 Å². The summed E-state index contributed by atoms with van der Waals surface area (Å²) in [6.07, 6.45) is 3.36. The monoisotopic (exact) mass is 219 g/mol. The summed E-state index contributed by atoms with van der Waals surface area (Å²) >= 11 is 0. The van der Waals surface area contributed by atoms with Crippen molar-refractivity contribution in [2.75, 3.05) is 7.05 Å². The first-order valence-corrected chi connectivity index (χ1v) is 5.00. The molecule has 0 unspecified atom stereocenters. The third-order valence-electron chi connectivity index (χ3n) is 1.98.